The fraction of sp³-hybridized carbons (Fsp3) is 0.150. The molecule has 1 amide bonds. The third kappa shape index (κ3) is 3.67. The van der Waals surface area contributed by atoms with Gasteiger partial charge < -0.3 is 15.0 Å². The van der Waals surface area contributed by atoms with Crippen LogP contribution in [0.3, 0.4) is 0 Å². The van der Waals surface area contributed by atoms with Crippen LogP contribution in [0, 0.1) is 0 Å². The number of hydrogen-bond donors (Lipinski definition) is 2. The molecular weight excluding hydrogens is 346 g/mol. The van der Waals surface area contributed by atoms with Crippen LogP contribution < -0.4 is 21.3 Å². The molecule has 0 radical (unpaired) electrons. The molecule has 0 atom stereocenters. The standard InChI is InChI=1S/C20H19N3O4/c1-3-13-6-4-5-7-17(13)22-18(24)16-12-21-20(26)23(19(16)25)14-8-10-15(27-2)11-9-14/h4-12H,3H2,1-2H3,(H,21,26)(H,22,24). The Morgan fingerprint density at radius 2 is 1.81 bits per heavy atom. The minimum atomic E-state index is -0.699. The maximum atomic E-state index is 12.8. The zero-order valence-corrected chi connectivity index (χ0v) is 15.0. The summed E-state index contributed by atoms with van der Waals surface area (Å²) in [5.41, 5.74) is 0.436. The first-order valence-corrected chi connectivity index (χ1v) is 8.43. The average Bonchev–Trinajstić information content (AvgIpc) is 2.69. The Kier molecular flexibility index (Phi) is 5.21. The first kappa shape index (κ1) is 18.2. The number of amides is 1. The lowest BCUT2D eigenvalue weighted by Crippen LogP contribution is -2.38. The van der Waals surface area contributed by atoms with E-state index in [1.54, 1.807) is 36.4 Å². The summed E-state index contributed by atoms with van der Waals surface area (Å²) in [6.45, 7) is 1.97. The number of carbonyl (C=O) groups is 1. The zero-order chi connectivity index (χ0) is 19.4. The first-order valence-electron chi connectivity index (χ1n) is 8.43. The van der Waals surface area contributed by atoms with Crippen LogP contribution in [0.25, 0.3) is 5.69 Å². The lowest BCUT2D eigenvalue weighted by Gasteiger charge is -2.11. The molecule has 0 bridgehead atoms. The van der Waals surface area contributed by atoms with Crippen LogP contribution in [0.5, 0.6) is 5.75 Å². The number of H-pyrrole nitrogens is 1. The molecule has 138 valence electrons. The molecule has 0 aliphatic heterocycles. The van der Waals surface area contributed by atoms with Crippen molar-refractivity contribution in [1.29, 1.82) is 0 Å². The highest BCUT2D eigenvalue weighted by molar-refractivity contribution is 6.04. The molecule has 27 heavy (non-hydrogen) atoms. The fourth-order valence-electron chi connectivity index (χ4n) is 2.74. The maximum Gasteiger partial charge on any atom is 0.333 e. The maximum absolute atomic E-state index is 12.8. The molecule has 1 heterocycles. The highest BCUT2D eigenvalue weighted by Crippen LogP contribution is 2.16. The van der Waals surface area contributed by atoms with Crippen molar-refractivity contribution < 1.29 is 9.53 Å². The smallest absolute Gasteiger partial charge is 0.333 e. The molecule has 0 saturated heterocycles. The van der Waals surface area contributed by atoms with Gasteiger partial charge in [-0.1, -0.05) is 25.1 Å². The van der Waals surface area contributed by atoms with Crippen LogP contribution in [-0.4, -0.2) is 22.6 Å². The van der Waals surface area contributed by atoms with E-state index in [0.29, 0.717) is 17.1 Å². The minimum absolute atomic E-state index is 0.156. The van der Waals surface area contributed by atoms with Gasteiger partial charge in [0.2, 0.25) is 0 Å². The van der Waals surface area contributed by atoms with E-state index in [1.807, 2.05) is 19.1 Å². The third-order valence-corrected chi connectivity index (χ3v) is 4.20. The van der Waals surface area contributed by atoms with Crippen molar-refractivity contribution in [2.45, 2.75) is 13.3 Å². The number of para-hydroxylation sites is 1. The summed E-state index contributed by atoms with van der Waals surface area (Å²) in [6, 6.07) is 13.8. The monoisotopic (exact) mass is 365 g/mol. The second-order valence-electron chi connectivity index (χ2n) is 5.81. The average molecular weight is 365 g/mol. The number of benzene rings is 2. The number of ether oxygens (including phenoxy) is 1. The van der Waals surface area contributed by atoms with Crippen LogP contribution >= 0.6 is 0 Å². The van der Waals surface area contributed by atoms with Gasteiger partial charge in [0.05, 0.1) is 12.8 Å². The zero-order valence-electron chi connectivity index (χ0n) is 15.0. The van der Waals surface area contributed by atoms with Crippen LogP contribution in [0.2, 0.25) is 0 Å². The Morgan fingerprint density at radius 3 is 2.48 bits per heavy atom. The number of anilines is 1. The Bertz CT molecular complexity index is 1080. The number of aromatic nitrogens is 2. The second-order valence-corrected chi connectivity index (χ2v) is 5.81. The van der Waals surface area contributed by atoms with Crippen molar-refractivity contribution >= 4 is 11.6 Å². The van der Waals surface area contributed by atoms with Gasteiger partial charge in [-0.05, 0) is 42.3 Å². The van der Waals surface area contributed by atoms with Gasteiger partial charge in [-0.15, -0.1) is 0 Å². The summed E-state index contributed by atoms with van der Waals surface area (Å²) in [6.07, 6.45) is 1.87. The minimum Gasteiger partial charge on any atom is -0.497 e. The first-order chi connectivity index (χ1) is 13.0. The van der Waals surface area contributed by atoms with Crippen molar-refractivity contribution in [1.82, 2.24) is 9.55 Å². The number of nitrogens with one attached hydrogen (secondary N) is 2. The highest BCUT2D eigenvalue weighted by Gasteiger charge is 2.17. The van der Waals surface area contributed by atoms with E-state index in [-0.39, 0.29) is 5.56 Å². The van der Waals surface area contributed by atoms with Crippen LogP contribution in [-0.2, 0) is 6.42 Å². The summed E-state index contributed by atoms with van der Waals surface area (Å²) in [7, 11) is 1.52. The second kappa shape index (κ2) is 7.74. The normalized spacial score (nSPS) is 10.4. The fourth-order valence-corrected chi connectivity index (χ4v) is 2.74. The molecule has 0 aliphatic carbocycles. The van der Waals surface area contributed by atoms with Crippen molar-refractivity contribution in [2.24, 2.45) is 0 Å². The molecule has 2 aromatic carbocycles. The lowest BCUT2D eigenvalue weighted by atomic mass is 10.1. The van der Waals surface area contributed by atoms with E-state index in [0.717, 1.165) is 22.7 Å². The molecule has 1 aromatic heterocycles. The van der Waals surface area contributed by atoms with E-state index in [4.69, 9.17) is 4.74 Å². The van der Waals surface area contributed by atoms with Gasteiger partial charge in [-0.25, -0.2) is 9.36 Å². The number of rotatable bonds is 5. The summed E-state index contributed by atoms with van der Waals surface area (Å²) in [4.78, 5) is 40.0. The molecule has 3 aromatic rings. The van der Waals surface area contributed by atoms with Crippen molar-refractivity contribution in [3.8, 4) is 11.4 Å². The molecule has 7 nitrogen and oxygen atoms in total. The van der Waals surface area contributed by atoms with Gasteiger partial charge in [-0.3, -0.25) is 9.59 Å². The van der Waals surface area contributed by atoms with Gasteiger partial charge in [0.15, 0.2) is 0 Å². The highest BCUT2D eigenvalue weighted by atomic mass is 16.5. The summed E-state index contributed by atoms with van der Waals surface area (Å²) in [5.74, 6) is 0.00714. The summed E-state index contributed by atoms with van der Waals surface area (Å²) < 4.78 is 5.99. The number of nitrogens with zero attached hydrogens (tertiary/aromatic N) is 1. The molecule has 0 fully saturated rings. The lowest BCUT2D eigenvalue weighted by molar-refractivity contribution is 0.102. The number of aryl methyl sites for hydroxylation is 1. The number of aromatic amines is 1. The Labute approximate surface area is 155 Å². The van der Waals surface area contributed by atoms with Gasteiger partial charge in [0, 0.05) is 11.9 Å². The van der Waals surface area contributed by atoms with Gasteiger partial charge in [-0.2, -0.15) is 0 Å². The van der Waals surface area contributed by atoms with E-state index in [1.165, 1.54) is 7.11 Å². The Hall–Kier alpha value is -3.61. The van der Waals surface area contributed by atoms with Crippen LogP contribution in [0.15, 0.2) is 64.3 Å². The van der Waals surface area contributed by atoms with E-state index < -0.39 is 17.2 Å². The topological polar surface area (TPSA) is 93.2 Å². The van der Waals surface area contributed by atoms with E-state index >= 15 is 0 Å². The van der Waals surface area contributed by atoms with Crippen LogP contribution in [0.4, 0.5) is 5.69 Å². The van der Waals surface area contributed by atoms with Crippen molar-refractivity contribution in [2.75, 3.05) is 12.4 Å². The predicted octanol–water partition coefficient (Wildman–Crippen LogP) is 2.35. The number of hydrogen-bond acceptors (Lipinski definition) is 4. The molecule has 0 spiro atoms. The molecule has 2 N–H and O–H groups in total. The van der Waals surface area contributed by atoms with Gasteiger partial charge >= 0.3 is 5.69 Å². The van der Waals surface area contributed by atoms with Crippen molar-refractivity contribution in [3.05, 3.63) is 86.7 Å². The summed E-state index contributed by atoms with van der Waals surface area (Å²) >= 11 is 0. The molecule has 0 unspecified atom stereocenters. The quantitative estimate of drug-likeness (QED) is 0.726. The SMILES string of the molecule is CCc1ccccc1NC(=O)c1c[nH]c(=O)n(-c2ccc(OC)cc2)c1=O. The molecular formula is C20H19N3O4. The summed E-state index contributed by atoms with van der Waals surface area (Å²) in [5, 5.41) is 2.74. The Balaban J connectivity index is 2.00. The predicted molar refractivity (Wildman–Crippen MR) is 103 cm³/mol. The van der Waals surface area contributed by atoms with E-state index in [9.17, 15) is 14.4 Å². The molecule has 3 rings (SSSR count). The molecule has 0 saturated carbocycles. The molecule has 7 heteroatoms. The van der Waals surface area contributed by atoms with Gasteiger partial charge in [0.1, 0.15) is 11.3 Å². The number of carbonyl (C=O) groups excluding carboxylic acids is 1. The third-order valence-electron chi connectivity index (χ3n) is 4.20. The van der Waals surface area contributed by atoms with Gasteiger partial charge in [0.25, 0.3) is 11.5 Å². The van der Waals surface area contributed by atoms with Crippen molar-refractivity contribution in [3.63, 3.8) is 0 Å². The van der Waals surface area contributed by atoms with E-state index in [2.05, 4.69) is 10.3 Å². The number of methoxy groups -OCH3 is 1. The van der Waals surface area contributed by atoms with Crippen LogP contribution in [0.1, 0.15) is 22.8 Å². The largest absolute Gasteiger partial charge is 0.497 e. The Morgan fingerprint density at radius 1 is 1.11 bits per heavy atom. The molecule has 0 aliphatic rings.